The van der Waals surface area contributed by atoms with Crippen LogP contribution in [0.1, 0.15) is 44.1 Å². The molecule has 4 heteroatoms. The van der Waals surface area contributed by atoms with Gasteiger partial charge in [0.15, 0.2) is 0 Å². The molecule has 17 heavy (non-hydrogen) atoms. The summed E-state index contributed by atoms with van der Waals surface area (Å²) < 4.78 is 6.94. The number of alkyl halides is 1. The van der Waals surface area contributed by atoms with Gasteiger partial charge in [-0.1, -0.05) is 12.8 Å². The first-order chi connectivity index (χ1) is 8.29. The van der Waals surface area contributed by atoms with Crippen molar-refractivity contribution in [2.75, 3.05) is 0 Å². The van der Waals surface area contributed by atoms with Crippen LogP contribution < -0.4 is 4.74 Å². The van der Waals surface area contributed by atoms with E-state index in [0.29, 0.717) is 17.9 Å². The number of halogens is 2. The van der Waals surface area contributed by atoms with E-state index < -0.39 is 0 Å². The van der Waals surface area contributed by atoms with Gasteiger partial charge in [-0.15, -0.1) is 11.6 Å². The summed E-state index contributed by atoms with van der Waals surface area (Å²) in [5, 5.41) is 0. The maximum atomic E-state index is 6.00. The molecule has 1 aliphatic rings. The predicted octanol–water partition coefficient (Wildman–Crippen LogP) is 4.68. The number of pyridine rings is 1. The molecule has 1 aliphatic carbocycles. The Morgan fingerprint density at radius 2 is 2.00 bits per heavy atom. The Labute approximate surface area is 116 Å². The van der Waals surface area contributed by atoms with Crippen molar-refractivity contribution in [2.45, 2.75) is 50.5 Å². The lowest BCUT2D eigenvalue weighted by atomic mass is 10.1. The first-order valence-electron chi connectivity index (χ1n) is 6.16. The maximum absolute atomic E-state index is 6.00. The molecular formula is C13H17BrClNO. The van der Waals surface area contributed by atoms with Gasteiger partial charge in [0.25, 0.3) is 0 Å². The Kier molecular flexibility index (Phi) is 5.11. The third-order valence-corrected chi connectivity index (χ3v) is 3.84. The van der Waals surface area contributed by atoms with Gasteiger partial charge in [-0.25, -0.2) is 4.98 Å². The van der Waals surface area contributed by atoms with Crippen LogP contribution in [0.2, 0.25) is 0 Å². The summed E-state index contributed by atoms with van der Waals surface area (Å²) in [6.07, 6.45) is 9.54. The molecule has 0 radical (unpaired) electrons. The van der Waals surface area contributed by atoms with E-state index in [-0.39, 0.29) is 0 Å². The van der Waals surface area contributed by atoms with Crippen molar-refractivity contribution in [3.8, 4) is 5.88 Å². The van der Waals surface area contributed by atoms with Crippen molar-refractivity contribution in [2.24, 2.45) is 0 Å². The van der Waals surface area contributed by atoms with Gasteiger partial charge in [0.05, 0.1) is 5.88 Å². The van der Waals surface area contributed by atoms with Crippen LogP contribution >= 0.6 is 27.5 Å². The van der Waals surface area contributed by atoms with Crippen LogP contribution in [0.25, 0.3) is 0 Å². The third-order valence-electron chi connectivity index (χ3n) is 3.12. The van der Waals surface area contributed by atoms with E-state index in [1.165, 1.54) is 25.7 Å². The van der Waals surface area contributed by atoms with E-state index in [4.69, 9.17) is 16.3 Å². The molecule has 0 amide bonds. The Morgan fingerprint density at radius 1 is 1.29 bits per heavy atom. The molecule has 1 aromatic rings. The maximum Gasteiger partial charge on any atom is 0.218 e. The number of hydrogen-bond acceptors (Lipinski definition) is 2. The quantitative estimate of drug-likeness (QED) is 0.596. The Balaban J connectivity index is 2.06. The first kappa shape index (κ1) is 13.2. The molecule has 0 N–H and O–H groups in total. The molecule has 94 valence electrons. The normalized spacial score (nSPS) is 17.8. The number of hydrogen-bond donors (Lipinski definition) is 0. The standard InChI is InChI=1S/C13H17BrClNO/c14-11-7-10(8-15)13(16-9-11)17-12-5-3-1-2-4-6-12/h7,9,12H,1-6,8H2. The zero-order valence-electron chi connectivity index (χ0n) is 9.79. The summed E-state index contributed by atoms with van der Waals surface area (Å²) >= 11 is 9.31. The zero-order chi connectivity index (χ0) is 12.1. The van der Waals surface area contributed by atoms with Crippen molar-refractivity contribution in [3.05, 3.63) is 22.3 Å². The number of rotatable bonds is 3. The molecular weight excluding hydrogens is 302 g/mol. The minimum atomic E-state index is 0.313. The molecule has 0 atom stereocenters. The minimum Gasteiger partial charge on any atom is -0.474 e. The molecule has 1 fully saturated rings. The van der Waals surface area contributed by atoms with Crippen molar-refractivity contribution in [1.29, 1.82) is 0 Å². The van der Waals surface area contributed by atoms with Crippen LogP contribution in [-0.4, -0.2) is 11.1 Å². The zero-order valence-corrected chi connectivity index (χ0v) is 12.1. The lowest BCUT2D eigenvalue weighted by Crippen LogP contribution is -2.16. The summed E-state index contributed by atoms with van der Waals surface area (Å²) in [7, 11) is 0. The van der Waals surface area contributed by atoms with Gasteiger partial charge in [0.2, 0.25) is 5.88 Å². The molecule has 0 saturated heterocycles. The van der Waals surface area contributed by atoms with E-state index in [1.54, 1.807) is 6.20 Å². The van der Waals surface area contributed by atoms with Crippen molar-refractivity contribution in [3.63, 3.8) is 0 Å². The van der Waals surface area contributed by atoms with Gasteiger partial charge in [-0.3, -0.25) is 0 Å². The molecule has 1 saturated carbocycles. The van der Waals surface area contributed by atoms with Crippen molar-refractivity contribution >= 4 is 27.5 Å². The van der Waals surface area contributed by atoms with Gasteiger partial charge < -0.3 is 4.74 Å². The second-order valence-corrected chi connectivity index (χ2v) is 5.67. The number of aromatic nitrogens is 1. The minimum absolute atomic E-state index is 0.313. The highest BCUT2D eigenvalue weighted by Crippen LogP contribution is 2.26. The van der Waals surface area contributed by atoms with Gasteiger partial charge in [0.1, 0.15) is 6.10 Å². The molecule has 0 bridgehead atoms. The van der Waals surface area contributed by atoms with Crippen molar-refractivity contribution in [1.82, 2.24) is 4.98 Å². The van der Waals surface area contributed by atoms with Crippen LogP contribution in [-0.2, 0) is 5.88 Å². The third kappa shape index (κ3) is 3.85. The molecule has 0 aliphatic heterocycles. The second kappa shape index (κ2) is 6.60. The molecule has 1 heterocycles. The van der Waals surface area contributed by atoms with Gasteiger partial charge in [-0.2, -0.15) is 0 Å². The highest BCUT2D eigenvalue weighted by atomic mass is 79.9. The fraction of sp³-hybridized carbons (Fsp3) is 0.615. The van der Waals surface area contributed by atoms with E-state index >= 15 is 0 Å². The van der Waals surface area contributed by atoms with E-state index in [2.05, 4.69) is 20.9 Å². The molecule has 2 rings (SSSR count). The number of nitrogens with zero attached hydrogens (tertiary/aromatic N) is 1. The second-order valence-electron chi connectivity index (χ2n) is 4.48. The highest BCUT2D eigenvalue weighted by Gasteiger charge is 2.16. The highest BCUT2D eigenvalue weighted by molar-refractivity contribution is 9.10. The Morgan fingerprint density at radius 3 is 2.65 bits per heavy atom. The Bertz CT molecular complexity index is 364. The first-order valence-corrected chi connectivity index (χ1v) is 7.49. The summed E-state index contributed by atoms with van der Waals surface area (Å²) in [5.74, 6) is 1.14. The van der Waals surface area contributed by atoms with Crippen LogP contribution in [0.5, 0.6) is 5.88 Å². The summed E-state index contributed by atoms with van der Waals surface area (Å²) in [5.41, 5.74) is 0.963. The molecule has 2 nitrogen and oxygen atoms in total. The van der Waals surface area contributed by atoms with Gasteiger partial charge >= 0.3 is 0 Å². The van der Waals surface area contributed by atoms with Gasteiger partial charge in [0, 0.05) is 16.2 Å². The monoisotopic (exact) mass is 317 g/mol. The van der Waals surface area contributed by atoms with E-state index in [1.807, 2.05) is 6.07 Å². The predicted molar refractivity (Wildman–Crippen MR) is 73.6 cm³/mol. The van der Waals surface area contributed by atoms with Crippen molar-refractivity contribution < 1.29 is 4.74 Å². The average molecular weight is 319 g/mol. The molecule has 0 aromatic carbocycles. The van der Waals surface area contributed by atoms with Crippen LogP contribution in [0.15, 0.2) is 16.7 Å². The summed E-state index contributed by atoms with van der Waals surface area (Å²) in [6, 6.07) is 1.98. The fourth-order valence-corrected chi connectivity index (χ4v) is 2.76. The van der Waals surface area contributed by atoms with Crippen LogP contribution in [0.3, 0.4) is 0 Å². The fourth-order valence-electron chi connectivity index (χ4n) is 2.19. The van der Waals surface area contributed by atoms with E-state index in [0.717, 1.165) is 22.9 Å². The topological polar surface area (TPSA) is 22.1 Å². The SMILES string of the molecule is ClCc1cc(Br)cnc1OC1CCCCCC1. The van der Waals surface area contributed by atoms with Crippen LogP contribution in [0, 0.1) is 0 Å². The Hall–Kier alpha value is -0.280. The lowest BCUT2D eigenvalue weighted by molar-refractivity contribution is 0.174. The van der Waals surface area contributed by atoms with Gasteiger partial charge in [-0.05, 0) is 47.7 Å². The van der Waals surface area contributed by atoms with Crippen LogP contribution in [0.4, 0.5) is 0 Å². The summed E-state index contributed by atoms with van der Waals surface area (Å²) in [4.78, 5) is 4.32. The molecule has 1 aromatic heterocycles. The molecule has 0 unspecified atom stereocenters. The summed E-state index contributed by atoms with van der Waals surface area (Å²) in [6.45, 7) is 0. The largest absolute Gasteiger partial charge is 0.474 e. The van der Waals surface area contributed by atoms with E-state index in [9.17, 15) is 0 Å². The average Bonchev–Trinajstić information content (AvgIpc) is 2.60. The number of ether oxygens (including phenoxy) is 1. The molecule has 0 spiro atoms. The lowest BCUT2D eigenvalue weighted by Gasteiger charge is -2.17. The smallest absolute Gasteiger partial charge is 0.218 e.